The zero-order valence-electron chi connectivity index (χ0n) is 10.8. The van der Waals surface area contributed by atoms with Gasteiger partial charge in [0.05, 0.1) is 0 Å². The van der Waals surface area contributed by atoms with Gasteiger partial charge in [0.2, 0.25) is 0 Å². The summed E-state index contributed by atoms with van der Waals surface area (Å²) in [5.41, 5.74) is 0.695. The molecule has 0 heteroatoms. The Hall–Kier alpha value is 0. The van der Waals surface area contributed by atoms with Gasteiger partial charge in [0.1, 0.15) is 0 Å². The maximum atomic E-state index is 2.49. The highest BCUT2D eigenvalue weighted by Crippen LogP contribution is 2.52. The summed E-state index contributed by atoms with van der Waals surface area (Å²) in [6.07, 6.45) is 7.21. The average Bonchev–Trinajstić information content (AvgIpc) is 1.98. The molecule has 0 amide bonds. The highest BCUT2D eigenvalue weighted by molar-refractivity contribution is 4.92. The second-order valence-electron chi connectivity index (χ2n) is 6.34. The molecule has 0 saturated heterocycles. The summed E-state index contributed by atoms with van der Waals surface area (Å²) in [5.74, 6) is 2.89. The van der Waals surface area contributed by atoms with Gasteiger partial charge in [-0.2, -0.15) is 0 Å². The van der Waals surface area contributed by atoms with Crippen LogP contribution in [0.5, 0.6) is 0 Å². The zero-order chi connectivity index (χ0) is 10.8. The van der Waals surface area contributed by atoms with Crippen LogP contribution in [0.15, 0.2) is 0 Å². The Bertz CT molecular complexity index is 163. The van der Waals surface area contributed by atoms with Crippen molar-refractivity contribution in [2.24, 2.45) is 23.2 Å². The molecule has 1 atom stereocenters. The van der Waals surface area contributed by atoms with E-state index in [1.54, 1.807) is 0 Å². The molecule has 1 saturated carbocycles. The van der Waals surface area contributed by atoms with Gasteiger partial charge in [-0.15, -0.1) is 0 Å². The standard InChI is InChI=1S/C14H28/c1-6-7-12(4)13-9-14(5,10-13)8-11(2)3/h11-13H,6-10H2,1-5H3. The van der Waals surface area contributed by atoms with Gasteiger partial charge in [0, 0.05) is 0 Å². The highest BCUT2D eigenvalue weighted by atomic mass is 14.5. The Balaban J connectivity index is 2.27. The van der Waals surface area contributed by atoms with E-state index in [-0.39, 0.29) is 0 Å². The molecule has 1 rings (SSSR count). The van der Waals surface area contributed by atoms with Gasteiger partial charge in [-0.1, -0.05) is 47.5 Å². The molecule has 1 aliphatic carbocycles. The van der Waals surface area contributed by atoms with Gasteiger partial charge in [0.25, 0.3) is 0 Å². The Labute approximate surface area is 90.5 Å². The first-order chi connectivity index (χ1) is 6.47. The number of rotatable bonds is 5. The molecule has 0 bridgehead atoms. The lowest BCUT2D eigenvalue weighted by atomic mass is 9.56. The van der Waals surface area contributed by atoms with E-state index in [9.17, 15) is 0 Å². The maximum Gasteiger partial charge on any atom is -0.0318 e. The molecule has 84 valence electrons. The first-order valence-corrected chi connectivity index (χ1v) is 6.47. The summed E-state index contributed by atoms with van der Waals surface area (Å²) in [4.78, 5) is 0. The van der Waals surface area contributed by atoms with E-state index in [1.165, 1.54) is 32.1 Å². The van der Waals surface area contributed by atoms with Crippen LogP contribution in [-0.4, -0.2) is 0 Å². The summed E-state index contributed by atoms with van der Waals surface area (Å²) in [6, 6.07) is 0. The van der Waals surface area contributed by atoms with Crippen molar-refractivity contribution >= 4 is 0 Å². The summed E-state index contributed by atoms with van der Waals surface area (Å²) in [7, 11) is 0. The minimum Gasteiger partial charge on any atom is -0.0654 e. The SMILES string of the molecule is CCCC(C)C1CC(C)(CC(C)C)C1. The fraction of sp³-hybridized carbons (Fsp3) is 1.00. The van der Waals surface area contributed by atoms with Crippen LogP contribution >= 0.6 is 0 Å². The van der Waals surface area contributed by atoms with Crippen LogP contribution in [0.4, 0.5) is 0 Å². The third-order valence-electron chi connectivity index (χ3n) is 3.96. The van der Waals surface area contributed by atoms with E-state index in [1.807, 2.05) is 0 Å². The lowest BCUT2D eigenvalue weighted by Crippen LogP contribution is -2.38. The summed E-state index contributed by atoms with van der Waals surface area (Å²) in [6.45, 7) is 12.0. The molecule has 0 nitrogen and oxygen atoms in total. The van der Waals surface area contributed by atoms with E-state index >= 15 is 0 Å². The smallest absolute Gasteiger partial charge is 0.0318 e. The van der Waals surface area contributed by atoms with Crippen molar-refractivity contribution in [1.29, 1.82) is 0 Å². The summed E-state index contributed by atoms with van der Waals surface area (Å²) < 4.78 is 0. The molecule has 1 unspecified atom stereocenters. The molecule has 1 aliphatic rings. The van der Waals surface area contributed by atoms with Gasteiger partial charge in [-0.3, -0.25) is 0 Å². The lowest BCUT2D eigenvalue weighted by molar-refractivity contribution is 0.0167. The summed E-state index contributed by atoms with van der Waals surface area (Å²) >= 11 is 0. The van der Waals surface area contributed by atoms with E-state index in [4.69, 9.17) is 0 Å². The molecule has 0 N–H and O–H groups in total. The first-order valence-electron chi connectivity index (χ1n) is 6.47. The van der Waals surface area contributed by atoms with E-state index < -0.39 is 0 Å². The maximum absolute atomic E-state index is 2.49. The second-order valence-corrected chi connectivity index (χ2v) is 6.34. The van der Waals surface area contributed by atoms with Crippen molar-refractivity contribution in [3.05, 3.63) is 0 Å². The third-order valence-corrected chi connectivity index (χ3v) is 3.96. The van der Waals surface area contributed by atoms with Gasteiger partial charge in [-0.05, 0) is 42.4 Å². The van der Waals surface area contributed by atoms with Crippen LogP contribution in [0.25, 0.3) is 0 Å². The predicted octanol–water partition coefficient (Wildman–Crippen LogP) is 4.89. The Morgan fingerprint density at radius 2 is 1.79 bits per heavy atom. The van der Waals surface area contributed by atoms with Crippen LogP contribution in [0, 0.1) is 23.2 Å². The molecule has 0 radical (unpaired) electrons. The highest BCUT2D eigenvalue weighted by Gasteiger charge is 2.41. The Morgan fingerprint density at radius 3 is 2.21 bits per heavy atom. The fourth-order valence-electron chi connectivity index (χ4n) is 3.45. The minimum absolute atomic E-state index is 0.695. The monoisotopic (exact) mass is 196 g/mol. The molecule has 0 aliphatic heterocycles. The third kappa shape index (κ3) is 3.00. The molecule has 0 aromatic heterocycles. The lowest BCUT2D eigenvalue weighted by Gasteiger charge is -2.49. The van der Waals surface area contributed by atoms with E-state index in [0.29, 0.717) is 5.41 Å². The van der Waals surface area contributed by atoms with E-state index in [2.05, 4.69) is 34.6 Å². The number of hydrogen-bond donors (Lipinski definition) is 0. The van der Waals surface area contributed by atoms with Crippen molar-refractivity contribution in [2.75, 3.05) is 0 Å². The topological polar surface area (TPSA) is 0 Å². The molecule has 14 heavy (non-hydrogen) atoms. The van der Waals surface area contributed by atoms with Gasteiger partial charge in [0.15, 0.2) is 0 Å². The Kier molecular flexibility index (Phi) is 4.04. The Morgan fingerprint density at radius 1 is 1.21 bits per heavy atom. The molecule has 0 aromatic rings. The molecule has 0 heterocycles. The van der Waals surface area contributed by atoms with Crippen molar-refractivity contribution in [1.82, 2.24) is 0 Å². The molecular weight excluding hydrogens is 168 g/mol. The molecule has 1 fully saturated rings. The van der Waals surface area contributed by atoms with Crippen LogP contribution < -0.4 is 0 Å². The van der Waals surface area contributed by atoms with E-state index in [0.717, 1.165) is 17.8 Å². The van der Waals surface area contributed by atoms with Crippen LogP contribution in [0.2, 0.25) is 0 Å². The molecule has 0 spiro atoms. The first kappa shape index (κ1) is 12.1. The van der Waals surface area contributed by atoms with Gasteiger partial charge in [-0.25, -0.2) is 0 Å². The normalized spacial score (nSPS) is 34.3. The average molecular weight is 196 g/mol. The summed E-state index contributed by atoms with van der Waals surface area (Å²) in [5, 5.41) is 0. The zero-order valence-corrected chi connectivity index (χ0v) is 10.8. The largest absolute Gasteiger partial charge is 0.0654 e. The van der Waals surface area contributed by atoms with Crippen LogP contribution in [-0.2, 0) is 0 Å². The number of hydrogen-bond acceptors (Lipinski definition) is 0. The van der Waals surface area contributed by atoms with Crippen molar-refractivity contribution in [3.63, 3.8) is 0 Å². The van der Waals surface area contributed by atoms with Crippen molar-refractivity contribution in [2.45, 2.75) is 66.7 Å². The van der Waals surface area contributed by atoms with Gasteiger partial charge >= 0.3 is 0 Å². The van der Waals surface area contributed by atoms with Crippen molar-refractivity contribution in [3.8, 4) is 0 Å². The van der Waals surface area contributed by atoms with Crippen molar-refractivity contribution < 1.29 is 0 Å². The minimum atomic E-state index is 0.695. The fourth-order valence-corrected chi connectivity index (χ4v) is 3.45. The molecule has 0 aromatic carbocycles. The predicted molar refractivity (Wildman–Crippen MR) is 64.4 cm³/mol. The second kappa shape index (κ2) is 4.68. The van der Waals surface area contributed by atoms with Gasteiger partial charge < -0.3 is 0 Å². The molecular formula is C14H28. The van der Waals surface area contributed by atoms with Crippen LogP contribution in [0.3, 0.4) is 0 Å². The van der Waals surface area contributed by atoms with Crippen LogP contribution in [0.1, 0.15) is 66.7 Å². The quantitative estimate of drug-likeness (QED) is 0.587.